The average Bonchev–Trinajstić information content (AvgIpc) is 2.80. The molecule has 0 aliphatic heterocycles. The van der Waals surface area contributed by atoms with Crippen LogP contribution < -0.4 is 10.5 Å². The first-order chi connectivity index (χ1) is 9.15. The van der Waals surface area contributed by atoms with Crippen LogP contribution in [0, 0.1) is 6.92 Å². The SMILES string of the molecule is CCOc1ccc(Cl)cc1C(CN)c1cc(C)[nH]n1. The van der Waals surface area contributed by atoms with Gasteiger partial charge in [0.1, 0.15) is 5.75 Å². The van der Waals surface area contributed by atoms with E-state index in [0.717, 1.165) is 22.7 Å². The molecule has 102 valence electrons. The summed E-state index contributed by atoms with van der Waals surface area (Å²) in [5.74, 6) is 0.785. The summed E-state index contributed by atoms with van der Waals surface area (Å²) in [5, 5.41) is 7.90. The number of ether oxygens (including phenoxy) is 1. The van der Waals surface area contributed by atoms with E-state index in [0.29, 0.717) is 18.2 Å². The number of aryl methyl sites for hydroxylation is 1. The topological polar surface area (TPSA) is 63.9 Å². The molecular weight excluding hydrogens is 262 g/mol. The fourth-order valence-electron chi connectivity index (χ4n) is 2.10. The second kappa shape index (κ2) is 6.08. The van der Waals surface area contributed by atoms with Crippen LogP contribution >= 0.6 is 11.6 Å². The van der Waals surface area contributed by atoms with E-state index in [4.69, 9.17) is 22.1 Å². The largest absolute Gasteiger partial charge is 0.494 e. The molecule has 1 unspecified atom stereocenters. The van der Waals surface area contributed by atoms with Crippen molar-refractivity contribution in [1.29, 1.82) is 0 Å². The summed E-state index contributed by atoms with van der Waals surface area (Å²) < 4.78 is 5.65. The lowest BCUT2D eigenvalue weighted by atomic mass is 9.94. The van der Waals surface area contributed by atoms with Gasteiger partial charge in [0.05, 0.1) is 12.3 Å². The van der Waals surface area contributed by atoms with Crippen molar-refractivity contribution in [1.82, 2.24) is 10.2 Å². The van der Waals surface area contributed by atoms with Gasteiger partial charge < -0.3 is 10.5 Å². The lowest BCUT2D eigenvalue weighted by Gasteiger charge is -2.17. The molecule has 0 fully saturated rings. The van der Waals surface area contributed by atoms with Gasteiger partial charge in [0.2, 0.25) is 0 Å². The lowest BCUT2D eigenvalue weighted by Crippen LogP contribution is -2.15. The van der Waals surface area contributed by atoms with Gasteiger partial charge in [-0.05, 0) is 38.1 Å². The molecule has 5 heteroatoms. The molecule has 0 radical (unpaired) electrons. The molecule has 1 aromatic carbocycles. The van der Waals surface area contributed by atoms with Crippen LogP contribution in [0.4, 0.5) is 0 Å². The van der Waals surface area contributed by atoms with E-state index in [1.807, 2.05) is 38.1 Å². The van der Waals surface area contributed by atoms with Crippen molar-refractivity contribution in [2.75, 3.05) is 13.2 Å². The summed E-state index contributed by atoms with van der Waals surface area (Å²) in [6, 6.07) is 7.59. The zero-order valence-corrected chi connectivity index (χ0v) is 11.9. The van der Waals surface area contributed by atoms with Crippen LogP contribution in [0.25, 0.3) is 0 Å². The number of halogens is 1. The molecule has 19 heavy (non-hydrogen) atoms. The van der Waals surface area contributed by atoms with Crippen LogP contribution in [-0.4, -0.2) is 23.3 Å². The van der Waals surface area contributed by atoms with Crippen molar-refractivity contribution in [3.63, 3.8) is 0 Å². The molecular formula is C14H18ClN3O. The molecule has 2 aromatic rings. The zero-order valence-electron chi connectivity index (χ0n) is 11.1. The Hall–Kier alpha value is -1.52. The standard InChI is InChI=1S/C14H18ClN3O/c1-3-19-14-5-4-10(15)7-11(14)12(8-16)13-6-9(2)17-18-13/h4-7,12H,3,8,16H2,1-2H3,(H,17,18). The number of hydrogen-bond donors (Lipinski definition) is 2. The quantitative estimate of drug-likeness (QED) is 0.884. The van der Waals surface area contributed by atoms with Crippen LogP contribution in [0.3, 0.4) is 0 Å². The van der Waals surface area contributed by atoms with Gasteiger partial charge in [0.15, 0.2) is 0 Å². The predicted molar refractivity (Wildman–Crippen MR) is 76.8 cm³/mol. The van der Waals surface area contributed by atoms with E-state index >= 15 is 0 Å². The molecule has 0 saturated heterocycles. The number of hydrogen-bond acceptors (Lipinski definition) is 3. The number of nitrogens with two attached hydrogens (primary N) is 1. The highest BCUT2D eigenvalue weighted by molar-refractivity contribution is 6.30. The molecule has 0 amide bonds. The summed E-state index contributed by atoms with van der Waals surface area (Å²) in [6.45, 7) is 4.97. The first kappa shape index (κ1) is 13.9. The maximum absolute atomic E-state index is 6.09. The highest BCUT2D eigenvalue weighted by atomic mass is 35.5. The predicted octanol–water partition coefficient (Wildman–Crippen LogP) is 2.86. The van der Waals surface area contributed by atoms with Gasteiger partial charge in [0.25, 0.3) is 0 Å². The Bertz CT molecular complexity index is 553. The molecule has 0 aliphatic rings. The molecule has 1 heterocycles. The molecule has 2 rings (SSSR count). The molecule has 3 N–H and O–H groups in total. The van der Waals surface area contributed by atoms with Crippen molar-refractivity contribution in [2.45, 2.75) is 19.8 Å². The molecule has 0 bridgehead atoms. The summed E-state index contributed by atoms with van der Waals surface area (Å²) in [6.07, 6.45) is 0. The summed E-state index contributed by atoms with van der Waals surface area (Å²) >= 11 is 6.09. The number of aromatic nitrogens is 2. The average molecular weight is 280 g/mol. The van der Waals surface area contributed by atoms with E-state index in [-0.39, 0.29) is 5.92 Å². The number of nitrogens with one attached hydrogen (secondary N) is 1. The number of benzene rings is 1. The number of nitrogens with zero attached hydrogens (tertiary/aromatic N) is 1. The molecule has 1 aromatic heterocycles. The van der Waals surface area contributed by atoms with Crippen LogP contribution in [0.1, 0.15) is 29.8 Å². The highest BCUT2D eigenvalue weighted by Gasteiger charge is 2.20. The van der Waals surface area contributed by atoms with Gasteiger partial charge in [0, 0.05) is 28.7 Å². The van der Waals surface area contributed by atoms with E-state index in [1.54, 1.807) is 0 Å². The maximum atomic E-state index is 6.09. The maximum Gasteiger partial charge on any atom is 0.123 e. The van der Waals surface area contributed by atoms with Gasteiger partial charge in [-0.25, -0.2) is 0 Å². The highest BCUT2D eigenvalue weighted by Crippen LogP contribution is 2.33. The Balaban J connectivity index is 2.44. The van der Waals surface area contributed by atoms with E-state index in [1.165, 1.54) is 0 Å². The van der Waals surface area contributed by atoms with Crippen LogP contribution in [-0.2, 0) is 0 Å². The number of H-pyrrole nitrogens is 1. The summed E-state index contributed by atoms with van der Waals surface area (Å²) in [5.41, 5.74) is 8.80. The normalized spacial score (nSPS) is 12.4. The van der Waals surface area contributed by atoms with Gasteiger partial charge in [-0.15, -0.1) is 0 Å². The van der Waals surface area contributed by atoms with Crippen LogP contribution in [0.5, 0.6) is 5.75 Å². The van der Waals surface area contributed by atoms with Gasteiger partial charge in [-0.2, -0.15) is 5.10 Å². The Morgan fingerprint density at radius 2 is 2.21 bits per heavy atom. The zero-order chi connectivity index (χ0) is 13.8. The second-order valence-electron chi connectivity index (χ2n) is 4.38. The number of aromatic amines is 1. The molecule has 0 spiro atoms. The second-order valence-corrected chi connectivity index (χ2v) is 4.82. The lowest BCUT2D eigenvalue weighted by molar-refractivity contribution is 0.335. The minimum Gasteiger partial charge on any atom is -0.494 e. The van der Waals surface area contributed by atoms with Crippen molar-refractivity contribution in [3.05, 3.63) is 46.2 Å². The van der Waals surface area contributed by atoms with Crippen molar-refractivity contribution >= 4 is 11.6 Å². The monoisotopic (exact) mass is 279 g/mol. The van der Waals surface area contributed by atoms with Crippen molar-refractivity contribution < 1.29 is 4.74 Å². The van der Waals surface area contributed by atoms with Gasteiger partial charge >= 0.3 is 0 Å². The van der Waals surface area contributed by atoms with Crippen molar-refractivity contribution in [2.24, 2.45) is 5.73 Å². The Morgan fingerprint density at radius 3 is 2.79 bits per heavy atom. The summed E-state index contributed by atoms with van der Waals surface area (Å²) in [4.78, 5) is 0. The third kappa shape index (κ3) is 3.08. The fourth-order valence-corrected chi connectivity index (χ4v) is 2.28. The Labute approximate surface area is 117 Å². The minimum atomic E-state index is -0.0230. The third-order valence-corrected chi connectivity index (χ3v) is 3.20. The Kier molecular flexibility index (Phi) is 4.45. The number of rotatable bonds is 5. The minimum absolute atomic E-state index is 0.0230. The van der Waals surface area contributed by atoms with Crippen LogP contribution in [0.15, 0.2) is 24.3 Å². The van der Waals surface area contributed by atoms with E-state index in [9.17, 15) is 0 Å². The molecule has 1 atom stereocenters. The molecule has 0 saturated carbocycles. The van der Waals surface area contributed by atoms with E-state index < -0.39 is 0 Å². The first-order valence-electron chi connectivity index (χ1n) is 6.30. The van der Waals surface area contributed by atoms with Crippen molar-refractivity contribution in [3.8, 4) is 5.75 Å². The first-order valence-corrected chi connectivity index (χ1v) is 6.67. The van der Waals surface area contributed by atoms with E-state index in [2.05, 4.69) is 10.2 Å². The summed E-state index contributed by atoms with van der Waals surface area (Å²) in [7, 11) is 0. The third-order valence-electron chi connectivity index (χ3n) is 2.97. The Morgan fingerprint density at radius 1 is 1.42 bits per heavy atom. The smallest absolute Gasteiger partial charge is 0.123 e. The molecule has 4 nitrogen and oxygen atoms in total. The molecule has 0 aliphatic carbocycles. The fraction of sp³-hybridized carbons (Fsp3) is 0.357. The van der Waals surface area contributed by atoms with Gasteiger partial charge in [-0.1, -0.05) is 11.6 Å². The van der Waals surface area contributed by atoms with Gasteiger partial charge in [-0.3, -0.25) is 5.10 Å². The van der Waals surface area contributed by atoms with Crippen LogP contribution in [0.2, 0.25) is 5.02 Å².